The van der Waals surface area contributed by atoms with Gasteiger partial charge in [-0.3, -0.25) is 4.79 Å². The zero-order chi connectivity index (χ0) is 16.7. The minimum absolute atomic E-state index is 0.0736. The Hall–Kier alpha value is -1.35. The lowest BCUT2D eigenvalue weighted by Gasteiger charge is -2.58. The van der Waals surface area contributed by atoms with Gasteiger partial charge in [0.2, 0.25) is 0 Å². The monoisotopic (exact) mass is 327 g/mol. The predicted octanol–water partition coefficient (Wildman–Crippen LogP) is 3.73. The maximum absolute atomic E-state index is 12.4. The average molecular weight is 327 g/mol. The number of rotatable bonds is 4. The Morgan fingerprint density at radius 2 is 2.25 bits per heavy atom. The molecule has 0 N–H and O–H groups in total. The summed E-state index contributed by atoms with van der Waals surface area (Å²) in [4.78, 5) is 14.9. The van der Waals surface area contributed by atoms with Crippen LogP contribution < -0.4 is 4.74 Å². The van der Waals surface area contributed by atoms with Gasteiger partial charge in [0.25, 0.3) is 0 Å². The lowest BCUT2D eigenvalue weighted by molar-refractivity contribution is -0.126. The minimum atomic E-state index is 0.0736. The van der Waals surface area contributed by atoms with Crippen molar-refractivity contribution in [2.45, 2.75) is 63.3 Å². The number of ether oxygens (including phenoxy) is 1. The van der Waals surface area contributed by atoms with E-state index in [-0.39, 0.29) is 5.41 Å². The summed E-state index contributed by atoms with van der Waals surface area (Å²) in [5, 5.41) is 0. The van der Waals surface area contributed by atoms with Crippen LogP contribution in [0.2, 0.25) is 0 Å². The number of hydrogen-bond acceptors (Lipinski definition) is 3. The van der Waals surface area contributed by atoms with Crippen molar-refractivity contribution in [1.82, 2.24) is 4.90 Å². The van der Waals surface area contributed by atoms with Crippen molar-refractivity contribution in [2.24, 2.45) is 5.92 Å². The first-order valence-electron chi connectivity index (χ1n) is 9.62. The molecule has 3 aliphatic rings. The Morgan fingerprint density at radius 3 is 3.08 bits per heavy atom. The summed E-state index contributed by atoms with van der Waals surface area (Å²) >= 11 is 0. The Labute approximate surface area is 145 Å². The van der Waals surface area contributed by atoms with E-state index in [1.54, 1.807) is 0 Å². The molecule has 0 amide bonds. The van der Waals surface area contributed by atoms with Gasteiger partial charge in [-0.25, -0.2) is 0 Å². The van der Waals surface area contributed by atoms with E-state index in [4.69, 9.17) is 4.74 Å². The number of ketones is 1. The van der Waals surface area contributed by atoms with E-state index >= 15 is 0 Å². The molecule has 0 spiro atoms. The van der Waals surface area contributed by atoms with Crippen LogP contribution in [-0.2, 0) is 16.6 Å². The highest BCUT2D eigenvalue weighted by molar-refractivity contribution is 5.81. The molecular weight excluding hydrogens is 298 g/mol. The van der Waals surface area contributed by atoms with Crippen molar-refractivity contribution in [3.8, 4) is 5.75 Å². The number of fused-ring (bicyclic) bond motifs is 1. The number of piperidine rings is 1. The van der Waals surface area contributed by atoms with Crippen molar-refractivity contribution < 1.29 is 9.53 Å². The molecule has 1 aromatic carbocycles. The molecule has 4 rings (SSSR count). The van der Waals surface area contributed by atoms with Crippen molar-refractivity contribution in [1.29, 1.82) is 0 Å². The number of hydrogen-bond donors (Lipinski definition) is 0. The lowest BCUT2D eigenvalue weighted by atomic mass is 9.52. The molecule has 0 unspecified atom stereocenters. The molecule has 0 radical (unpaired) electrons. The highest BCUT2D eigenvalue weighted by atomic mass is 16.5. The van der Waals surface area contributed by atoms with E-state index < -0.39 is 0 Å². The van der Waals surface area contributed by atoms with E-state index in [1.807, 2.05) is 0 Å². The number of likely N-dealkylation sites (N-methyl/N-ethyl adjacent to an activating group) is 1. The molecule has 3 heteroatoms. The number of nitrogens with zero attached hydrogens (tertiary/aromatic N) is 1. The topological polar surface area (TPSA) is 29.5 Å². The maximum atomic E-state index is 12.4. The molecule has 2 bridgehead atoms. The Morgan fingerprint density at radius 1 is 1.38 bits per heavy atom. The van der Waals surface area contributed by atoms with Crippen LogP contribution in [0.3, 0.4) is 0 Å². The largest absolute Gasteiger partial charge is 0.494 e. The van der Waals surface area contributed by atoms with Crippen molar-refractivity contribution >= 4 is 5.78 Å². The minimum Gasteiger partial charge on any atom is -0.494 e. The quantitative estimate of drug-likeness (QED) is 0.789. The third-order valence-electron chi connectivity index (χ3n) is 6.71. The van der Waals surface area contributed by atoms with Crippen LogP contribution >= 0.6 is 0 Å². The molecule has 3 atom stereocenters. The fourth-order valence-corrected chi connectivity index (χ4v) is 5.42. The standard InChI is InChI=1S/C21H29NO2/c1-3-4-11-24-17-7-5-15-12-20-18-8-6-16(23)14-21(18,19(15)13-17)9-10-22(20)2/h5,7,13,18,20H,3-4,6,8-12,14H2,1-2H3/t18-,20+,21-/m0/s1. The Bertz CT molecular complexity index is 641. The zero-order valence-corrected chi connectivity index (χ0v) is 15.0. The van der Waals surface area contributed by atoms with Crippen LogP contribution in [0.15, 0.2) is 18.2 Å². The average Bonchev–Trinajstić information content (AvgIpc) is 2.58. The third kappa shape index (κ3) is 2.48. The van der Waals surface area contributed by atoms with Crippen molar-refractivity contribution in [3.05, 3.63) is 29.3 Å². The van der Waals surface area contributed by atoms with Gasteiger partial charge in [0.1, 0.15) is 11.5 Å². The lowest BCUT2D eigenvalue weighted by Crippen LogP contribution is -2.60. The van der Waals surface area contributed by atoms with Crippen LogP contribution in [0.1, 0.15) is 56.6 Å². The van der Waals surface area contributed by atoms with Gasteiger partial charge in [-0.2, -0.15) is 0 Å². The van der Waals surface area contributed by atoms with E-state index in [2.05, 4.69) is 37.1 Å². The highest BCUT2D eigenvalue weighted by Gasteiger charge is 2.54. The Kier molecular flexibility index (Phi) is 4.16. The molecule has 24 heavy (non-hydrogen) atoms. The predicted molar refractivity (Wildman–Crippen MR) is 95.6 cm³/mol. The number of carbonyl (C=O) groups is 1. The smallest absolute Gasteiger partial charge is 0.133 e. The summed E-state index contributed by atoms with van der Waals surface area (Å²) < 4.78 is 5.98. The van der Waals surface area contributed by atoms with Gasteiger partial charge in [-0.1, -0.05) is 19.4 Å². The fourth-order valence-electron chi connectivity index (χ4n) is 5.42. The number of carbonyl (C=O) groups excluding carboxylic acids is 1. The first kappa shape index (κ1) is 16.1. The summed E-state index contributed by atoms with van der Waals surface area (Å²) in [6.45, 7) is 4.08. The fraction of sp³-hybridized carbons (Fsp3) is 0.667. The Balaban J connectivity index is 1.73. The van der Waals surface area contributed by atoms with Gasteiger partial charge < -0.3 is 9.64 Å². The molecule has 1 saturated carbocycles. The molecule has 1 saturated heterocycles. The molecule has 1 aromatic rings. The van der Waals surface area contributed by atoms with E-state index in [0.29, 0.717) is 17.7 Å². The second-order valence-corrected chi connectivity index (χ2v) is 8.04. The van der Waals surface area contributed by atoms with Gasteiger partial charge in [0, 0.05) is 24.3 Å². The summed E-state index contributed by atoms with van der Waals surface area (Å²) in [6.07, 6.45) is 7.07. The van der Waals surface area contributed by atoms with Crippen molar-refractivity contribution in [2.75, 3.05) is 20.2 Å². The summed E-state index contributed by atoms with van der Waals surface area (Å²) in [6, 6.07) is 7.27. The van der Waals surface area contributed by atoms with Crippen molar-refractivity contribution in [3.63, 3.8) is 0 Å². The first-order chi connectivity index (χ1) is 11.6. The van der Waals surface area contributed by atoms with Crippen LogP contribution in [0, 0.1) is 5.92 Å². The van der Waals surface area contributed by atoms with Crippen LogP contribution in [0.25, 0.3) is 0 Å². The number of likely N-dealkylation sites (tertiary alicyclic amines) is 1. The molecule has 2 fully saturated rings. The van der Waals surface area contributed by atoms with Crippen LogP contribution in [-0.4, -0.2) is 36.9 Å². The van der Waals surface area contributed by atoms with Gasteiger partial charge in [0.05, 0.1) is 6.61 Å². The third-order valence-corrected chi connectivity index (χ3v) is 6.71. The van der Waals surface area contributed by atoms with Crippen LogP contribution in [0.5, 0.6) is 5.75 Å². The van der Waals surface area contributed by atoms with Gasteiger partial charge >= 0.3 is 0 Å². The number of benzene rings is 1. The van der Waals surface area contributed by atoms with Gasteiger partial charge in [-0.15, -0.1) is 0 Å². The molecular formula is C21H29NO2. The molecule has 130 valence electrons. The SMILES string of the molecule is CCCCOc1ccc2c(c1)[C@]13CCN(C)[C@H](C2)[C@@H]1CCC(=O)C3. The molecule has 1 aliphatic heterocycles. The molecule has 3 nitrogen and oxygen atoms in total. The second kappa shape index (κ2) is 6.18. The highest BCUT2D eigenvalue weighted by Crippen LogP contribution is 2.55. The number of Topliss-reactive ketones (excluding diaryl/α,β-unsaturated/α-hetero) is 1. The van der Waals surface area contributed by atoms with E-state index in [0.717, 1.165) is 63.8 Å². The zero-order valence-electron chi connectivity index (χ0n) is 15.0. The normalized spacial score (nSPS) is 32.2. The summed E-state index contributed by atoms with van der Waals surface area (Å²) in [7, 11) is 2.26. The number of unbranched alkanes of at least 4 members (excludes halogenated alkanes) is 1. The molecule has 0 aromatic heterocycles. The van der Waals surface area contributed by atoms with Crippen LogP contribution in [0.4, 0.5) is 0 Å². The first-order valence-corrected chi connectivity index (χ1v) is 9.62. The summed E-state index contributed by atoms with van der Waals surface area (Å²) in [5.74, 6) is 2.08. The molecule has 2 aliphatic carbocycles. The van der Waals surface area contributed by atoms with E-state index in [1.165, 1.54) is 11.1 Å². The summed E-state index contributed by atoms with van der Waals surface area (Å²) in [5.41, 5.74) is 2.95. The van der Waals surface area contributed by atoms with Gasteiger partial charge in [-0.05, 0) is 68.5 Å². The van der Waals surface area contributed by atoms with Gasteiger partial charge in [0.15, 0.2) is 0 Å². The second-order valence-electron chi connectivity index (χ2n) is 8.04. The molecule has 1 heterocycles. The maximum Gasteiger partial charge on any atom is 0.133 e. The van der Waals surface area contributed by atoms with E-state index in [9.17, 15) is 4.79 Å².